The van der Waals surface area contributed by atoms with Gasteiger partial charge in [0.15, 0.2) is 5.57 Å². The summed E-state index contributed by atoms with van der Waals surface area (Å²) in [6.07, 6.45) is 0. The van der Waals surface area contributed by atoms with E-state index in [-0.39, 0.29) is 11.5 Å². The Labute approximate surface area is 69.6 Å². The minimum atomic E-state index is -0.679. The third kappa shape index (κ3) is 1.48. The summed E-state index contributed by atoms with van der Waals surface area (Å²) in [5.74, 6) is -0.466. The maximum Gasteiger partial charge on any atom is 0.354 e. The number of hydrogen-bond donors (Lipinski definition) is 1. The average molecular weight is 168 g/mol. The van der Waals surface area contributed by atoms with Crippen molar-refractivity contribution >= 4 is 5.97 Å². The normalized spacial score (nSPS) is 18.7. The van der Waals surface area contributed by atoms with Crippen molar-refractivity contribution in [1.82, 2.24) is 5.32 Å². The predicted octanol–water partition coefficient (Wildman–Crippen LogP) is -0.486. The molecule has 0 atom stereocenters. The minimum absolute atomic E-state index is 0.116. The number of carbonyl (C=O) groups is 1. The van der Waals surface area contributed by atoms with E-state index in [2.05, 4.69) is 10.1 Å². The molecule has 1 saturated heterocycles. The first-order valence-electron chi connectivity index (χ1n) is 3.39. The van der Waals surface area contributed by atoms with Gasteiger partial charge in [-0.15, -0.1) is 0 Å². The van der Waals surface area contributed by atoms with E-state index in [9.17, 15) is 4.79 Å². The molecule has 1 heterocycles. The van der Waals surface area contributed by atoms with Gasteiger partial charge in [0, 0.05) is 0 Å². The van der Waals surface area contributed by atoms with E-state index in [1.807, 2.05) is 0 Å². The SMILES string of the molecule is COC(=O)/C(C#N)=C1/NCCO1. The fourth-order valence-corrected chi connectivity index (χ4v) is 0.820. The van der Waals surface area contributed by atoms with Gasteiger partial charge in [0.25, 0.3) is 0 Å². The Balaban J connectivity index is 2.86. The maximum absolute atomic E-state index is 10.9. The van der Waals surface area contributed by atoms with Crippen LogP contribution >= 0.6 is 0 Å². The number of carbonyl (C=O) groups excluding carboxylic acids is 1. The fraction of sp³-hybridized carbons (Fsp3) is 0.429. The highest BCUT2D eigenvalue weighted by atomic mass is 16.5. The molecule has 0 aliphatic carbocycles. The zero-order valence-electron chi connectivity index (χ0n) is 6.59. The molecule has 5 nitrogen and oxygen atoms in total. The zero-order valence-corrected chi connectivity index (χ0v) is 6.59. The Bertz CT molecular complexity index is 256. The molecule has 1 fully saturated rings. The summed E-state index contributed by atoms with van der Waals surface area (Å²) in [5.41, 5.74) is -0.116. The molecule has 0 spiro atoms. The summed E-state index contributed by atoms with van der Waals surface area (Å²) in [5, 5.41) is 11.3. The molecule has 0 aromatic heterocycles. The van der Waals surface area contributed by atoms with Gasteiger partial charge < -0.3 is 14.8 Å². The molecule has 12 heavy (non-hydrogen) atoms. The highest BCUT2D eigenvalue weighted by molar-refractivity contribution is 5.93. The second-order valence-corrected chi connectivity index (χ2v) is 2.08. The van der Waals surface area contributed by atoms with Crippen LogP contribution in [-0.2, 0) is 14.3 Å². The van der Waals surface area contributed by atoms with Crippen LogP contribution in [0.2, 0.25) is 0 Å². The molecule has 0 unspecified atom stereocenters. The molecule has 1 aliphatic rings. The van der Waals surface area contributed by atoms with Crippen molar-refractivity contribution in [3.8, 4) is 6.07 Å². The summed E-state index contributed by atoms with van der Waals surface area (Å²) >= 11 is 0. The Kier molecular flexibility index (Phi) is 2.53. The van der Waals surface area contributed by atoms with Crippen LogP contribution in [-0.4, -0.2) is 26.2 Å². The number of hydrogen-bond acceptors (Lipinski definition) is 5. The van der Waals surface area contributed by atoms with Crippen molar-refractivity contribution in [2.75, 3.05) is 20.3 Å². The summed E-state index contributed by atoms with van der Waals surface area (Å²) in [4.78, 5) is 10.9. The van der Waals surface area contributed by atoms with Gasteiger partial charge in [-0.3, -0.25) is 0 Å². The first kappa shape index (κ1) is 8.40. The molecule has 0 radical (unpaired) electrons. The van der Waals surface area contributed by atoms with Crippen LogP contribution in [0.4, 0.5) is 0 Å². The van der Waals surface area contributed by atoms with E-state index in [1.165, 1.54) is 7.11 Å². The molecule has 0 amide bonds. The summed E-state index contributed by atoms with van der Waals surface area (Å²) in [7, 11) is 1.22. The smallest absolute Gasteiger partial charge is 0.354 e. The van der Waals surface area contributed by atoms with Crippen LogP contribution < -0.4 is 5.32 Å². The molecule has 64 valence electrons. The molecule has 0 bridgehead atoms. The summed E-state index contributed by atoms with van der Waals surface area (Å²) in [6, 6.07) is 1.71. The van der Waals surface area contributed by atoms with Crippen molar-refractivity contribution in [2.45, 2.75) is 0 Å². The first-order valence-corrected chi connectivity index (χ1v) is 3.39. The topological polar surface area (TPSA) is 71.4 Å². The molecular formula is C7H8N2O3. The third-order valence-electron chi connectivity index (χ3n) is 1.36. The second kappa shape index (κ2) is 3.62. The molecule has 1 rings (SSSR count). The maximum atomic E-state index is 10.9. The van der Waals surface area contributed by atoms with Crippen LogP contribution in [0.1, 0.15) is 0 Å². The highest BCUT2D eigenvalue weighted by Gasteiger charge is 2.20. The number of methoxy groups -OCH3 is 1. The van der Waals surface area contributed by atoms with Crippen LogP contribution in [0.5, 0.6) is 0 Å². The lowest BCUT2D eigenvalue weighted by molar-refractivity contribution is -0.135. The molecule has 1 N–H and O–H groups in total. The average Bonchev–Trinajstić information content (AvgIpc) is 2.58. The summed E-state index contributed by atoms with van der Waals surface area (Å²) < 4.78 is 9.35. The van der Waals surface area contributed by atoms with E-state index in [1.54, 1.807) is 6.07 Å². The number of nitrogens with zero attached hydrogens (tertiary/aromatic N) is 1. The lowest BCUT2D eigenvalue weighted by atomic mass is 10.3. The Morgan fingerprint density at radius 2 is 2.58 bits per heavy atom. The van der Waals surface area contributed by atoms with E-state index in [4.69, 9.17) is 10.00 Å². The zero-order chi connectivity index (χ0) is 8.97. The molecular weight excluding hydrogens is 160 g/mol. The van der Waals surface area contributed by atoms with Gasteiger partial charge in [0.1, 0.15) is 12.7 Å². The molecule has 0 aromatic rings. The number of nitrogens with one attached hydrogen (secondary N) is 1. The molecule has 5 heteroatoms. The van der Waals surface area contributed by atoms with Crippen molar-refractivity contribution in [1.29, 1.82) is 5.26 Å². The van der Waals surface area contributed by atoms with Crippen molar-refractivity contribution in [3.63, 3.8) is 0 Å². The largest absolute Gasteiger partial charge is 0.476 e. The molecule has 0 saturated carbocycles. The Morgan fingerprint density at radius 1 is 1.83 bits per heavy atom. The van der Waals surface area contributed by atoms with Crippen molar-refractivity contribution < 1.29 is 14.3 Å². The van der Waals surface area contributed by atoms with E-state index in [0.29, 0.717) is 13.2 Å². The predicted molar refractivity (Wildman–Crippen MR) is 38.6 cm³/mol. The van der Waals surface area contributed by atoms with E-state index >= 15 is 0 Å². The number of ether oxygens (including phenoxy) is 2. The Morgan fingerprint density at radius 3 is 3.00 bits per heavy atom. The van der Waals surface area contributed by atoms with Crippen LogP contribution in [0, 0.1) is 11.3 Å². The van der Waals surface area contributed by atoms with Gasteiger partial charge in [-0.05, 0) is 0 Å². The Hall–Kier alpha value is -1.70. The lowest BCUT2D eigenvalue weighted by Crippen LogP contribution is -2.13. The number of nitriles is 1. The first-order chi connectivity index (χ1) is 5.79. The standard InChI is InChI=1S/C7H8N2O3/c1-11-7(10)5(4-8)6-9-2-3-12-6/h9H,2-3H2,1H3/b6-5-. The number of esters is 1. The quantitative estimate of drug-likeness (QED) is 0.325. The highest BCUT2D eigenvalue weighted by Crippen LogP contribution is 2.07. The minimum Gasteiger partial charge on any atom is -0.476 e. The van der Waals surface area contributed by atoms with Crippen LogP contribution in [0.3, 0.4) is 0 Å². The van der Waals surface area contributed by atoms with Gasteiger partial charge in [-0.1, -0.05) is 0 Å². The molecule has 0 aromatic carbocycles. The monoisotopic (exact) mass is 168 g/mol. The van der Waals surface area contributed by atoms with E-state index < -0.39 is 5.97 Å². The van der Waals surface area contributed by atoms with Crippen molar-refractivity contribution in [2.24, 2.45) is 0 Å². The summed E-state index contributed by atoms with van der Waals surface area (Å²) in [6.45, 7) is 1.08. The molecule has 1 aliphatic heterocycles. The lowest BCUT2D eigenvalue weighted by Gasteiger charge is -2.00. The van der Waals surface area contributed by atoms with Crippen LogP contribution in [0.25, 0.3) is 0 Å². The third-order valence-corrected chi connectivity index (χ3v) is 1.36. The van der Waals surface area contributed by atoms with Gasteiger partial charge in [0.05, 0.1) is 13.7 Å². The second-order valence-electron chi connectivity index (χ2n) is 2.08. The number of rotatable bonds is 1. The van der Waals surface area contributed by atoms with Crippen molar-refractivity contribution in [3.05, 3.63) is 11.5 Å². The van der Waals surface area contributed by atoms with Gasteiger partial charge >= 0.3 is 5.97 Å². The van der Waals surface area contributed by atoms with Gasteiger partial charge in [0.2, 0.25) is 5.88 Å². The van der Waals surface area contributed by atoms with Gasteiger partial charge in [-0.25, -0.2) is 4.79 Å². The van der Waals surface area contributed by atoms with Crippen LogP contribution in [0.15, 0.2) is 11.5 Å². The fourth-order valence-electron chi connectivity index (χ4n) is 0.820. The van der Waals surface area contributed by atoms with E-state index in [0.717, 1.165) is 0 Å². The van der Waals surface area contributed by atoms with Gasteiger partial charge in [-0.2, -0.15) is 5.26 Å².